The van der Waals surface area contributed by atoms with Gasteiger partial charge in [0.05, 0.1) is 81.8 Å². The van der Waals surface area contributed by atoms with Gasteiger partial charge in [0.1, 0.15) is 13.0 Å². The summed E-state index contributed by atoms with van der Waals surface area (Å²) in [6.07, 6.45) is -7.99. The number of hydrogen-bond acceptors (Lipinski definition) is 22. The van der Waals surface area contributed by atoms with Crippen molar-refractivity contribution < 1.29 is 87.5 Å². The van der Waals surface area contributed by atoms with E-state index in [1.807, 2.05) is 0 Å². The predicted molar refractivity (Wildman–Crippen MR) is 521 cm³/mol. The number of alkyl halides is 9. The molecular weight excluding hydrogens is 1990 g/mol. The lowest BCUT2D eigenvalue weighted by atomic mass is 10.2. The molecule has 9 aromatic carbocycles. The number of fused-ring (bicyclic) bond motifs is 3. The van der Waals surface area contributed by atoms with Crippen molar-refractivity contribution in [3.05, 3.63) is 282 Å². The van der Waals surface area contributed by atoms with Gasteiger partial charge in [-0.1, -0.05) is 233 Å². The first-order valence-corrected chi connectivity index (χ1v) is 47.0. The number of nitrogens with zero attached hydrogens (tertiary/aromatic N) is 10. The van der Waals surface area contributed by atoms with Crippen LogP contribution >= 0.6 is 142 Å². The van der Waals surface area contributed by atoms with Crippen molar-refractivity contribution in [2.75, 3.05) is 66.9 Å². The Morgan fingerprint density at radius 2 is 0.634 bits per heavy atom. The van der Waals surface area contributed by atoms with E-state index in [2.05, 4.69) is 30.9 Å². The third-order valence-electron chi connectivity index (χ3n) is 18.7. The molecule has 3 aromatic heterocycles. The fraction of sp³-hybridized carbons (Fsp3) is 0.156. The summed E-state index contributed by atoms with van der Waals surface area (Å²) in [7, 11) is 3.38. The van der Waals surface area contributed by atoms with Crippen LogP contribution in [-0.4, -0.2) is 172 Å². The van der Waals surface area contributed by atoms with Crippen molar-refractivity contribution >= 4 is 283 Å². The lowest BCUT2D eigenvalue weighted by molar-refractivity contribution is -0.138. The van der Waals surface area contributed by atoms with Crippen LogP contribution < -0.4 is 16.0 Å². The molecule has 0 unspecified atom stereocenters. The standard InChI is InChI=1S/3C29H20ClF3N4O3S3.C3H7NO/c3*30-19-10-8-17(9-11-19)14-23-26(40)36(28(41)43-23)13-12-25(39)37-22-7-2-1-6-21(22)35-27(37)42-16-24(38)34-20-5-3-4-18(15-20)29(31,32)33;1-4(2)3-5/h3*1-11,14-15H,12-13,16H2,(H,34,38);3H,1-2H3/b3*23-14-;. The Balaban J connectivity index is 0.000000176. The van der Waals surface area contributed by atoms with E-state index in [4.69, 9.17) is 71.5 Å². The van der Waals surface area contributed by atoms with Gasteiger partial charge in [-0.05, 0) is 162 Å². The Bertz CT molecular complexity index is 6060. The van der Waals surface area contributed by atoms with Crippen LogP contribution in [-0.2, 0) is 52.1 Å². The molecule has 44 heteroatoms. The number of anilines is 3. The number of hydrogen-bond donors (Lipinski definition) is 3. The van der Waals surface area contributed by atoms with Crippen LogP contribution in [0.4, 0.5) is 56.6 Å². The van der Waals surface area contributed by atoms with E-state index in [0.29, 0.717) is 75.8 Å². The van der Waals surface area contributed by atoms with E-state index < -0.39 is 52.9 Å². The van der Waals surface area contributed by atoms with Crippen LogP contribution in [0.15, 0.2) is 249 Å². The molecule has 0 spiro atoms. The first-order valence-electron chi connectivity index (χ1n) is 39.2. The van der Waals surface area contributed by atoms with E-state index >= 15 is 0 Å². The average molecular weight is 2060 g/mol. The molecule has 3 saturated heterocycles. The number of nitrogens with one attached hydrogen (secondary N) is 3. The Morgan fingerprint density at radius 3 is 0.873 bits per heavy atom. The SMILES string of the molecule is CN(C)C=O.O=C(CSc1nc2ccccc2n1C(=O)CCN1C(=O)/C(=C/c2ccc(Cl)cc2)SC1=S)Nc1cccc(C(F)(F)F)c1.O=C(CSc1nc2ccccc2n1C(=O)CCN1C(=O)/C(=C/c2ccc(Cl)cc2)SC1=S)Nc1cccc(C(F)(F)F)c1.O=C(CSc1nc2ccccc2n1C(=O)CCN1C(=O)/C(=C/c2ccc(Cl)cc2)SC1=S)Nc1cccc(C(F)(F)F)c1. The van der Waals surface area contributed by atoms with Crippen molar-refractivity contribution in [1.82, 2.24) is 48.3 Å². The maximum atomic E-state index is 13.5. The zero-order chi connectivity index (χ0) is 96.5. The second-order valence-electron chi connectivity index (χ2n) is 28.6. The summed E-state index contributed by atoms with van der Waals surface area (Å²) in [6.45, 7) is 0.107. The van der Waals surface area contributed by atoms with Crippen molar-refractivity contribution in [3.63, 3.8) is 0 Å². The number of halogens is 12. The highest BCUT2D eigenvalue weighted by Gasteiger charge is 2.38. The monoisotopic (exact) mass is 2050 g/mol. The van der Waals surface area contributed by atoms with Gasteiger partial charge in [-0.15, -0.1) is 0 Å². The van der Waals surface area contributed by atoms with Gasteiger partial charge in [-0.25, -0.2) is 15.0 Å². The van der Waals surface area contributed by atoms with Crippen LogP contribution in [0.1, 0.15) is 67.0 Å². The first-order chi connectivity index (χ1) is 63.7. The third-order valence-corrected chi connectivity index (χ3v) is 26.4. The molecule has 3 N–H and O–H groups in total. The Labute approximate surface area is 813 Å². The van der Waals surface area contributed by atoms with Gasteiger partial charge in [-0.2, -0.15) is 39.5 Å². The lowest BCUT2D eigenvalue weighted by Crippen LogP contribution is -2.31. The quantitative estimate of drug-likeness (QED) is 0.0158. The number of thioether (sulfide) groups is 6. The summed E-state index contributed by atoms with van der Waals surface area (Å²) in [5.41, 5.74) is 2.81. The van der Waals surface area contributed by atoms with Crippen molar-refractivity contribution in [2.24, 2.45) is 0 Å². The number of imidazole rings is 3. The highest BCUT2D eigenvalue weighted by Crippen LogP contribution is 2.40. The third kappa shape index (κ3) is 27.2. The molecule has 690 valence electrons. The maximum absolute atomic E-state index is 13.5. The number of carbonyl (C=O) groups excluding carboxylic acids is 10. The van der Waals surface area contributed by atoms with Crippen LogP contribution in [0.3, 0.4) is 0 Å². The number of para-hydroxylation sites is 6. The van der Waals surface area contributed by atoms with E-state index in [0.717, 1.165) is 130 Å². The summed E-state index contributed by atoms with van der Waals surface area (Å²) >= 11 is 40.4. The molecule has 0 bridgehead atoms. The van der Waals surface area contributed by atoms with Gasteiger partial charge in [0, 0.05) is 85.1 Å². The van der Waals surface area contributed by atoms with Gasteiger partial charge >= 0.3 is 18.5 Å². The summed E-state index contributed by atoms with van der Waals surface area (Å²) in [5.74, 6) is -4.38. The van der Waals surface area contributed by atoms with E-state index in [-0.39, 0.29) is 124 Å². The van der Waals surface area contributed by atoms with Crippen molar-refractivity contribution in [2.45, 2.75) is 53.3 Å². The number of carbonyl (C=O) groups is 10. The van der Waals surface area contributed by atoms with Crippen LogP contribution in [0.25, 0.3) is 51.3 Å². The fourth-order valence-corrected chi connectivity index (χ4v) is 19.3. The molecular formula is C90H67Cl3F9N13O10S9. The van der Waals surface area contributed by atoms with Crippen LogP contribution in [0.2, 0.25) is 15.1 Å². The predicted octanol–water partition coefficient (Wildman–Crippen LogP) is 21.8. The summed E-state index contributed by atoms with van der Waals surface area (Å²) in [4.78, 5) is 147. The van der Waals surface area contributed by atoms with Gasteiger partial charge < -0.3 is 20.9 Å². The topological polar surface area (TPSA) is 273 Å². The number of aromatic nitrogens is 6. The summed E-state index contributed by atoms with van der Waals surface area (Å²) < 4.78 is 122. The lowest BCUT2D eigenvalue weighted by Gasteiger charge is -2.15. The molecule has 6 heterocycles. The molecule has 12 aromatic rings. The van der Waals surface area contributed by atoms with E-state index in [1.165, 1.54) is 69.7 Å². The molecule has 0 saturated carbocycles. The minimum Gasteiger partial charge on any atom is -0.351 e. The molecule has 23 nitrogen and oxygen atoms in total. The zero-order valence-electron chi connectivity index (χ0n) is 69.2. The Kier molecular flexibility index (Phi) is 34.6. The fourth-order valence-electron chi connectivity index (χ4n) is 12.5. The molecule has 3 aliphatic rings. The van der Waals surface area contributed by atoms with Gasteiger partial charge in [-0.3, -0.25) is 76.3 Å². The molecule has 0 radical (unpaired) electrons. The van der Waals surface area contributed by atoms with Crippen LogP contribution in [0, 0.1) is 0 Å². The number of rotatable bonds is 25. The second kappa shape index (κ2) is 45.7. The van der Waals surface area contributed by atoms with E-state index in [1.54, 1.807) is 178 Å². The molecule has 7 amide bonds. The first kappa shape index (κ1) is 101. The minimum absolute atomic E-state index is 0.00129. The number of thiocarbonyl (C=S) groups is 3. The van der Waals surface area contributed by atoms with Gasteiger partial charge in [0.25, 0.3) is 17.7 Å². The molecule has 0 aliphatic carbocycles. The zero-order valence-corrected chi connectivity index (χ0v) is 78.8. The summed E-state index contributed by atoms with van der Waals surface area (Å²) in [6, 6.07) is 54.7. The Hall–Kier alpha value is -11.5. The smallest absolute Gasteiger partial charge is 0.351 e. The second-order valence-corrected chi connectivity index (χ2v) is 37.7. The van der Waals surface area contributed by atoms with Gasteiger partial charge in [0.15, 0.2) is 15.5 Å². The van der Waals surface area contributed by atoms with Crippen LogP contribution in [0.5, 0.6) is 0 Å². The normalized spacial score (nSPS) is 14.3. The number of amides is 7. The van der Waals surface area contributed by atoms with E-state index in [9.17, 15) is 87.5 Å². The Morgan fingerprint density at radius 1 is 0.388 bits per heavy atom. The van der Waals surface area contributed by atoms with Crippen molar-refractivity contribution in [1.29, 1.82) is 0 Å². The maximum Gasteiger partial charge on any atom is 0.416 e. The van der Waals surface area contributed by atoms with Crippen molar-refractivity contribution in [3.8, 4) is 0 Å². The molecule has 15 rings (SSSR count). The minimum atomic E-state index is -4.54. The summed E-state index contributed by atoms with van der Waals surface area (Å²) in [5, 5.41) is 9.77. The molecule has 3 fully saturated rings. The molecule has 3 aliphatic heterocycles. The molecule has 134 heavy (non-hydrogen) atoms. The number of benzene rings is 9. The molecule has 0 atom stereocenters. The highest BCUT2D eigenvalue weighted by molar-refractivity contribution is 8.27. The van der Waals surface area contributed by atoms with Gasteiger partial charge in [0.2, 0.25) is 41.9 Å². The average Bonchev–Trinajstić information content (AvgIpc) is 1.64. The highest BCUT2D eigenvalue weighted by atomic mass is 35.5. The largest absolute Gasteiger partial charge is 0.416 e.